The van der Waals surface area contributed by atoms with Crippen LogP contribution >= 0.6 is 31.9 Å². The minimum Gasteiger partial charge on any atom is -0.490 e. The summed E-state index contributed by atoms with van der Waals surface area (Å²) in [5.41, 5.74) is -0.000483. The third-order valence-corrected chi connectivity index (χ3v) is 3.89. The molecule has 0 amide bonds. The average Bonchev–Trinajstić information content (AvgIpc) is 2.16. The Kier molecular flexibility index (Phi) is 4.59. The molecular formula is C11H13Br2FO. The lowest BCUT2D eigenvalue weighted by Crippen LogP contribution is -2.23. The average molecular weight is 340 g/mol. The number of halogens is 3. The molecule has 0 aliphatic heterocycles. The molecular weight excluding hydrogens is 327 g/mol. The Labute approximate surface area is 106 Å². The zero-order chi connectivity index (χ0) is 11.5. The van der Waals surface area contributed by atoms with Crippen LogP contribution in [-0.4, -0.2) is 11.9 Å². The van der Waals surface area contributed by atoms with E-state index in [1.165, 1.54) is 6.07 Å². The summed E-state index contributed by atoms with van der Waals surface area (Å²) in [6.07, 6.45) is 0. The second-order valence-corrected chi connectivity index (χ2v) is 5.64. The van der Waals surface area contributed by atoms with E-state index in [2.05, 4.69) is 45.7 Å². The molecule has 0 aliphatic rings. The van der Waals surface area contributed by atoms with Gasteiger partial charge in [0, 0.05) is 15.2 Å². The molecule has 0 atom stereocenters. The van der Waals surface area contributed by atoms with Gasteiger partial charge in [-0.15, -0.1) is 0 Å². The predicted octanol–water partition coefficient (Wildman–Crippen LogP) is 4.39. The molecule has 4 heteroatoms. The Hall–Kier alpha value is -0.0900. The summed E-state index contributed by atoms with van der Waals surface area (Å²) in [6.45, 7) is 4.59. The largest absolute Gasteiger partial charge is 0.490 e. The summed E-state index contributed by atoms with van der Waals surface area (Å²) in [6, 6.07) is 4.79. The second-order valence-electron chi connectivity index (χ2n) is 4.16. The number of hydrogen-bond donors (Lipinski definition) is 0. The van der Waals surface area contributed by atoms with Gasteiger partial charge in [0.1, 0.15) is 0 Å². The number of alkyl halides is 1. The SMILES string of the molecule is CC(C)(CBr)COc1ccc(Br)cc1F. The van der Waals surface area contributed by atoms with Crippen molar-refractivity contribution in [3.8, 4) is 5.75 Å². The summed E-state index contributed by atoms with van der Waals surface area (Å²) < 4.78 is 19.5. The van der Waals surface area contributed by atoms with Gasteiger partial charge in [0.15, 0.2) is 11.6 Å². The van der Waals surface area contributed by atoms with Crippen molar-refractivity contribution in [2.24, 2.45) is 5.41 Å². The maximum Gasteiger partial charge on any atom is 0.166 e. The zero-order valence-electron chi connectivity index (χ0n) is 8.69. The standard InChI is InChI=1S/C11H13Br2FO/c1-11(2,6-12)7-15-10-4-3-8(13)5-9(10)14/h3-5H,6-7H2,1-2H3. The maximum atomic E-state index is 13.4. The van der Waals surface area contributed by atoms with Crippen molar-refractivity contribution in [2.45, 2.75) is 13.8 Å². The highest BCUT2D eigenvalue weighted by atomic mass is 79.9. The van der Waals surface area contributed by atoms with Crippen molar-refractivity contribution in [1.82, 2.24) is 0 Å². The van der Waals surface area contributed by atoms with Gasteiger partial charge in [-0.05, 0) is 18.2 Å². The van der Waals surface area contributed by atoms with Crippen molar-refractivity contribution >= 4 is 31.9 Å². The van der Waals surface area contributed by atoms with E-state index in [4.69, 9.17) is 4.74 Å². The fourth-order valence-electron chi connectivity index (χ4n) is 0.904. The molecule has 1 aromatic rings. The van der Waals surface area contributed by atoms with E-state index in [1.54, 1.807) is 12.1 Å². The number of rotatable bonds is 4. The van der Waals surface area contributed by atoms with Crippen LogP contribution in [0.3, 0.4) is 0 Å². The van der Waals surface area contributed by atoms with Crippen LogP contribution in [0.25, 0.3) is 0 Å². The van der Waals surface area contributed by atoms with Gasteiger partial charge < -0.3 is 4.74 Å². The Morgan fingerprint density at radius 3 is 2.60 bits per heavy atom. The second kappa shape index (κ2) is 5.30. The fourth-order valence-corrected chi connectivity index (χ4v) is 1.40. The highest BCUT2D eigenvalue weighted by Gasteiger charge is 2.17. The normalized spacial score (nSPS) is 11.5. The molecule has 0 unspecified atom stereocenters. The van der Waals surface area contributed by atoms with Gasteiger partial charge in [0.05, 0.1) is 6.61 Å². The summed E-state index contributed by atoms with van der Waals surface area (Å²) in [5, 5.41) is 0.818. The Morgan fingerprint density at radius 2 is 2.07 bits per heavy atom. The van der Waals surface area contributed by atoms with Crippen LogP contribution in [0, 0.1) is 11.2 Å². The van der Waals surface area contributed by atoms with Crippen molar-refractivity contribution in [1.29, 1.82) is 0 Å². The molecule has 1 rings (SSSR count). The Bertz CT molecular complexity index is 339. The lowest BCUT2D eigenvalue weighted by molar-refractivity contribution is 0.196. The first-order valence-electron chi connectivity index (χ1n) is 4.58. The summed E-state index contributed by atoms with van der Waals surface area (Å²) >= 11 is 6.59. The van der Waals surface area contributed by atoms with Crippen LogP contribution in [0.2, 0.25) is 0 Å². The van der Waals surface area contributed by atoms with Crippen LogP contribution in [0.1, 0.15) is 13.8 Å². The molecule has 1 aromatic carbocycles. The molecule has 0 aliphatic carbocycles. The van der Waals surface area contributed by atoms with E-state index in [-0.39, 0.29) is 11.2 Å². The predicted molar refractivity (Wildman–Crippen MR) is 67.2 cm³/mol. The molecule has 0 saturated carbocycles. The first kappa shape index (κ1) is 13.0. The molecule has 0 heterocycles. The molecule has 0 radical (unpaired) electrons. The number of ether oxygens (including phenoxy) is 1. The molecule has 0 fully saturated rings. The zero-order valence-corrected chi connectivity index (χ0v) is 11.9. The van der Waals surface area contributed by atoms with E-state index in [9.17, 15) is 4.39 Å². The van der Waals surface area contributed by atoms with Gasteiger partial charge >= 0.3 is 0 Å². The fraction of sp³-hybridized carbons (Fsp3) is 0.455. The van der Waals surface area contributed by atoms with Crippen LogP contribution in [0.15, 0.2) is 22.7 Å². The van der Waals surface area contributed by atoms with E-state index in [1.807, 2.05) is 0 Å². The van der Waals surface area contributed by atoms with Gasteiger partial charge in [-0.3, -0.25) is 0 Å². The van der Waals surface area contributed by atoms with Crippen LogP contribution in [-0.2, 0) is 0 Å². The minimum absolute atomic E-state index is 0.000483. The molecule has 0 saturated heterocycles. The van der Waals surface area contributed by atoms with Gasteiger partial charge in [-0.1, -0.05) is 45.7 Å². The molecule has 0 bridgehead atoms. The lowest BCUT2D eigenvalue weighted by Gasteiger charge is -2.21. The molecule has 1 nitrogen and oxygen atoms in total. The lowest BCUT2D eigenvalue weighted by atomic mass is 9.98. The van der Waals surface area contributed by atoms with Gasteiger partial charge in [0.2, 0.25) is 0 Å². The van der Waals surface area contributed by atoms with Crippen LogP contribution in [0.5, 0.6) is 5.75 Å². The quantitative estimate of drug-likeness (QED) is 0.739. The molecule has 0 aromatic heterocycles. The highest BCUT2D eigenvalue weighted by molar-refractivity contribution is 9.10. The van der Waals surface area contributed by atoms with Crippen molar-refractivity contribution in [3.63, 3.8) is 0 Å². The van der Waals surface area contributed by atoms with Crippen molar-refractivity contribution in [3.05, 3.63) is 28.5 Å². The Morgan fingerprint density at radius 1 is 1.40 bits per heavy atom. The first-order valence-corrected chi connectivity index (χ1v) is 6.50. The number of benzene rings is 1. The number of hydrogen-bond acceptors (Lipinski definition) is 1. The van der Waals surface area contributed by atoms with Crippen molar-refractivity contribution in [2.75, 3.05) is 11.9 Å². The van der Waals surface area contributed by atoms with E-state index in [0.717, 1.165) is 5.33 Å². The van der Waals surface area contributed by atoms with Crippen molar-refractivity contribution < 1.29 is 9.13 Å². The molecule has 0 spiro atoms. The third kappa shape index (κ3) is 4.11. The van der Waals surface area contributed by atoms with Gasteiger partial charge in [-0.25, -0.2) is 4.39 Å². The smallest absolute Gasteiger partial charge is 0.166 e. The summed E-state index contributed by atoms with van der Waals surface area (Å²) in [7, 11) is 0. The maximum absolute atomic E-state index is 13.4. The minimum atomic E-state index is -0.338. The Balaban J connectivity index is 2.66. The van der Waals surface area contributed by atoms with Gasteiger partial charge in [-0.2, -0.15) is 0 Å². The summed E-state index contributed by atoms with van der Waals surface area (Å²) in [5.74, 6) is -0.0398. The molecule has 15 heavy (non-hydrogen) atoms. The van der Waals surface area contributed by atoms with E-state index < -0.39 is 0 Å². The molecule has 84 valence electrons. The monoisotopic (exact) mass is 338 g/mol. The highest BCUT2D eigenvalue weighted by Crippen LogP contribution is 2.24. The van der Waals surface area contributed by atoms with Crippen LogP contribution in [0.4, 0.5) is 4.39 Å². The van der Waals surface area contributed by atoms with E-state index in [0.29, 0.717) is 16.8 Å². The van der Waals surface area contributed by atoms with Gasteiger partial charge in [0.25, 0.3) is 0 Å². The molecule has 0 N–H and O–H groups in total. The topological polar surface area (TPSA) is 9.23 Å². The van der Waals surface area contributed by atoms with Crippen LogP contribution < -0.4 is 4.74 Å². The first-order chi connectivity index (χ1) is 6.94. The summed E-state index contributed by atoms with van der Waals surface area (Å²) in [4.78, 5) is 0. The van der Waals surface area contributed by atoms with E-state index >= 15 is 0 Å². The third-order valence-electron chi connectivity index (χ3n) is 1.87.